The summed E-state index contributed by atoms with van der Waals surface area (Å²) in [5, 5.41) is 16.6. The van der Waals surface area contributed by atoms with E-state index in [9.17, 15) is 14.4 Å². The van der Waals surface area contributed by atoms with Gasteiger partial charge in [-0.3, -0.25) is 14.4 Å². The van der Waals surface area contributed by atoms with Crippen molar-refractivity contribution in [2.24, 2.45) is 5.10 Å². The van der Waals surface area contributed by atoms with Crippen molar-refractivity contribution >= 4 is 45.8 Å². The van der Waals surface area contributed by atoms with Crippen LogP contribution < -0.4 is 10.5 Å². The average Bonchev–Trinajstić information content (AvgIpc) is 3.38. The van der Waals surface area contributed by atoms with Crippen molar-refractivity contribution < 1.29 is 14.7 Å². The van der Waals surface area contributed by atoms with Crippen LogP contribution in [-0.4, -0.2) is 46.8 Å². The largest absolute Gasteiger partial charge is 0.481 e. The number of para-hydroxylation sites is 1. The van der Waals surface area contributed by atoms with Gasteiger partial charge in [0.2, 0.25) is 5.91 Å². The molecular formula is C31H29ClN4O4. The van der Waals surface area contributed by atoms with E-state index in [0.29, 0.717) is 28.2 Å². The number of nitrogens with zero attached hydrogens (tertiary/aromatic N) is 3. The minimum atomic E-state index is -0.954. The third-order valence-electron chi connectivity index (χ3n) is 7.08. The second kappa shape index (κ2) is 11.4. The molecular weight excluding hydrogens is 528 g/mol. The van der Waals surface area contributed by atoms with Crippen molar-refractivity contribution in [3.8, 4) is 11.1 Å². The number of carboxylic acid groups (broad SMARTS) is 1. The maximum absolute atomic E-state index is 13.6. The molecule has 4 aromatic rings. The number of H-pyrrole nitrogens is 1. The predicted octanol–water partition coefficient (Wildman–Crippen LogP) is 5.85. The zero-order valence-corrected chi connectivity index (χ0v) is 23.0. The summed E-state index contributed by atoms with van der Waals surface area (Å²) < 4.78 is 0. The second-order valence-electron chi connectivity index (χ2n) is 9.99. The van der Waals surface area contributed by atoms with Crippen LogP contribution in [0.25, 0.3) is 22.0 Å². The summed E-state index contributed by atoms with van der Waals surface area (Å²) in [5.74, 6) is -1.24. The lowest BCUT2D eigenvalue weighted by atomic mass is 9.91. The fourth-order valence-electron chi connectivity index (χ4n) is 5.09. The van der Waals surface area contributed by atoms with Crippen LogP contribution in [0.5, 0.6) is 0 Å². The molecule has 204 valence electrons. The molecule has 1 aliphatic heterocycles. The topological polar surface area (TPSA) is 106 Å². The van der Waals surface area contributed by atoms with Crippen LogP contribution in [-0.2, 0) is 9.59 Å². The number of fused-ring (bicyclic) bond motifs is 1. The van der Waals surface area contributed by atoms with Crippen LogP contribution in [0.2, 0.25) is 5.02 Å². The summed E-state index contributed by atoms with van der Waals surface area (Å²) in [5.41, 5.74) is 4.70. The number of pyridine rings is 1. The van der Waals surface area contributed by atoms with Gasteiger partial charge in [-0.1, -0.05) is 54.1 Å². The number of amides is 1. The first-order chi connectivity index (χ1) is 19.2. The van der Waals surface area contributed by atoms with E-state index in [1.165, 1.54) is 5.01 Å². The molecule has 0 saturated carbocycles. The van der Waals surface area contributed by atoms with Crippen molar-refractivity contribution in [3.63, 3.8) is 0 Å². The van der Waals surface area contributed by atoms with Gasteiger partial charge >= 0.3 is 5.97 Å². The highest BCUT2D eigenvalue weighted by Gasteiger charge is 2.35. The maximum Gasteiger partial charge on any atom is 0.303 e. The Kier molecular flexibility index (Phi) is 7.71. The van der Waals surface area contributed by atoms with Gasteiger partial charge in [-0.2, -0.15) is 5.10 Å². The number of anilines is 1. The van der Waals surface area contributed by atoms with Crippen LogP contribution in [0.1, 0.15) is 42.9 Å². The first-order valence-electron chi connectivity index (χ1n) is 13.0. The molecule has 1 aliphatic rings. The summed E-state index contributed by atoms with van der Waals surface area (Å²) in [6, 6.07) is 22.3. The summed E-state index contributed by atoms with van der Waals surface area (Å²) in [6.45, 7) is 0. The van der Waals surface area contributed by atoms with E-state index in [4.69, 9.17) is 21.8 Å². The lowest BCUT2D eigenvalue weighted by molar-refractivity contribution is -0.137. The number of carboxylic acids is 1. The first kappa shape index (κ1) is 27.1. The summed E-state index contributed by atoms with van der Waals surface area (Å²) in [6.07, 6.45) is 0.458. The highest BCUT2D eigenvalue weighted by molar-refractivity contribution is 6.30. The van der Waals surface area contributed by atoms with Gasteiger partial charge in [0.15, 0.2) is 0 Å². The summed E-state index contributed by atoms with van der Waals surface area (Å²) in [4.78, 5) is 43.0. The highest BCUT2D eigenvalue weighted by atomic mass is 35.5. The molecule has 2 N–H and O–H groups in total. The van der Waals surface area contributed by atoms with Gasteiger partial charge in [0, 0.05) is 60.5 Å². The molecule has 8 nitrogen and oxygen atoms in total. The third kappa shape index (κ3) is 5.49. The number of aromatic amines is 1. The monoisotopic (exact) mass is 556 g/mol. The van der Waals surface area contributed by atoms with Crippen molar-refractivity contribution in [3.05, 3.63) is 99.3 Å². The summed E-state index contributed by atoms with van der Waals surface area (Å²) in [7, 11) is 3.91. The fraction of sp³-hybridized carbons (Fsp3) is 0.226. The van der Waals surface area contributed by atoms with Crippen LogP contribution in [0, 0.1) is 0 Å². The molecule has 1 atom stereocenters. The molecule has 0 saturated heterocycles. The van der Waals surface area contributed by atoms with Gasteiger partial charge in [0.1, 0.15) is 0 Å². The predicted molar refractivity (Wildman–Crippen MR) is 158 cm³/mol. The van der Waals surface area contributed by atoms with Crippen LogP contribution in [0.4, 0.5) is 5.69 Å². The lowest BCUT2D eigenvalue weighted by Gasteiger charge is -2.23. The Hall–Kier alpha value is -4.43. The molecule has 5 rings (SSSR count). The average molecular weight is 557 g/mol. The molecule has 2 heterocycles. The molecule has 9 heteroatoms. The molecule has 0 aliphatic carbocycles. The number of carbonyl (C=O) groups is 2. The Morgan fingerprint density at radius 1 is 1.00 bits per heavy atom. The number of hydrogen-bond acceptors (Lipinski definition) is 5. The number of halogens is 1. The lowest BCUT2D eigenvalue weighted by Crippen LogP contribution is -2.27. The van der Waals surface area contributed by atoms with E-state index in [1.807, 2.05) is 79.7 Å². The molecule has 0 unspecified atom stereocenters. The normalized spacial score (nSPS) is 14.8. The highest BCUT2D eigenvalue weighted by Crippen LogP contribution is 2.38. The minimum Gasteiger partial charge on any atom is -0.481 e. The van der Waals surface area contributed by atoms with E-state index in [1.54, 1.807) is 12.1 Å². The third-order valence-corrected chi connectivity index (χ3v) is 7.34. The molecule has 0 bridgehead atoms. The Morgan fingerprint density at radius 2 is 1.70 bits per heavy atom. The minimum absolute atomic E-state index is 0.0352. The van der Waals surface area contributed by atoms with Crippen molar-refractivity contribution in [1.82, 2.24) is 9.99 Å². The number of nitrogens with one attached hydrogen (secondary N) is 1. The number of rotatable bonds is 8. The number of aromatic nitrogens is 1. The molecule has 1 amide bonds. The fourth-order valence-corrected chi connectivity index (χ4v) is 5.21. The van der Waals surface area contributed by atoms with E-state index in [0.717, 1.165) is 27.8 Å². The van der Waals surface area contributed by atoms with E-state index >= 15 is 0 Å². The van der Waals surface area contributed by atoms with Gasteiger partial charge in [0.25, 0.3) is 5.56 Å². The SMILES string of the molecule is CN(C)c1ccc([C@H]2CC(c3c(-c4ccc(Cl)cc4)c4ccccc4[nH]c3=O)=NN2C(=O)CCCC(=O)O)cc1. The molecule has 0 spiro atoms. The number of hydrazone groups is 1. The number of carbonyl (C=O) groups excluding carboxylic acids is 1. The molecule has 0 radical (unpaired) electrons. The van der Waals surface area contributed by atoms with Crippen molar-refractivity contribution in [1.29, 1.82) is 0 Å². The van der Waals surface area contributed by atoms with Crippen LogP contribution in [0.3, 0.4) is 0 Å². The molecule has 1 aromatic heterocycles. The smallest absolute Gasteiger partial charge is 0.303 e. The van der Waals surface area contributed by atoms with Gasteiger partial charge < -0.3 is 15.0 Å². The van der Waals surface area contributed by atoms with Crippen LogP contribution >= 0.6 is 11.6 Å². The van der Waals surface area contributed by atoms with Gasteiger partial charge in [-0.15, -0.1) is 0 Å². The van der Waals surface area contributed by atoms with Crippen molar-refractivity contribution in [2.45, 2.75) is 31.7 Å². The van der Waals surface area contributed by atoms with Gasteiger partial charge in [-0.25, -0.2) is 5.01 Å². The number of aliphatic carboxylic acids is 1. The van der Waals surface area contributed by atoms with Crippen molar-refractivity contribution in [2.75, 3.05) is 19.0 Å². The first-order valence-corrected chi connectivity index (χ1v) is 13.4. The Bertz CT molecular complexity index is 1660. The standard InChI is InChI=1S/C31H29ClN4O4/c1-35(2)22-16-12-19(13-17-22)26-18-25(34-36(26)27(37)8-5-9-28(38)39)30-29(20-10-14-21(32)15-11-20)23-6-3-4-7-24(23)33-31(30)40/h3-4,6-7,10-17,26H,5,8-9,18H2,1-2H3,(H,33,40)(H,38,39)/t26-/m1/s1. The van der Waals surface area contributed by atoms with Gasteiger partial charge in [-0.05, 0) is 47.9 Å². The molecule has 0 fully saturated rings. The quantitative estimate of drug-likeness (QED) is 0.283. The zero-order valence-electron chi connectivity index (χ0n) is 22.2. The number of hydrogen-bond donors (Lipinski definition) is 2. The maximum atomic E-state index is 13.6. The zero-order chi connectivity index (χ0) is 28.4. The second-order valence-corrected chi connectivity index (χ2v) is 10.4. The van der Waals surface area contributed by atoms with E-state index in [2.05, 4.69) is 4.98 Å². The molecule has 40 heavy (non-hydrogen) atoms. The van der Waals surface area contributed by atoms with Gasteiger partial charge in [0.05, 0.1) is 17.3 Å². The van der Waals surface area contributed by atoms with E-state index in [-0.39, 0.29) is 30.7 Å². The Balaban J connectivity index is 1.63. The van der Waals surface area contributed by atoms with E-state index < -0.39 is 12.0 Å². The summed E-state index contributed by atoms with van der Waals surface area (Å²) >= 11 is 6.17. The van der Waals surface area contributed by atoms with Crippen LogP contribution in [0.15, 0.2) is 82.7 Å². The number of benzene rings is 3. The molecule has 3 aromatic carbocycles. The Labute approximate surface area is 236 Å². The Morgan fingerprint density at radius 3 is 2.38 bits per heavy atom.